The third-order valence-corrected chi connectivity index (χ3v) is 8.59. The zero-order valence-corrected chi connectivity index (χ0v) is 24.5. The normalized spacial score (nSPS) is 11.9. The number of nitrogens with one attached hydrogen (secondary N) is 1. The fourth-order valence-electron chi connectivity index (χ4n) is 4.05. The zero-order chi connectivity index (χ0) is 28.7. The number of aryl methyl sites for hydroxylation is 1. The number of methoxy groups -OCH3 is 1. The Labute approximate surface area is 239 Å². The molecule has 0 heterocycles. The molecule has 39 heavy (non-hydrogen) atoms. The molecule has 1 atom stereocenters. The van der Waals surface area contributed by atoms with Gasteiger partial charge < -0.3 is 15.0 Å². The summed E-state index contributed by atoms with van der Waals surface area (Å²) in [6.07, 6.45) is 0.292. The van der Waals surface area contributed by atoms with Gasteiger partial charge in [0.25, 0.3) is 10.0 Å². The minimum Gasteiger partial charge on any atom is -0.497 e. The van der Waals surface area contributed by atoms with Crippen LogP contribution in [0.4, 0.5) is 5.69 Å². The van der Waals surface area contributed by atoms with Crippen molar-refractivity contribution in [2.75, 3.05) is 25.0 Å². The molecule has 0 aromatic heterocycles. The molecule has 0 aliphatic rings. The molecule has 0 unspecified atom stereocenters. The van der Waals surface area contributed by atoms with Gasteiger partial charge in [-0.1, -0.05) is 60.0 Å². The second-order valence-electron chi connectivity index (χ2n) is 8.82. The van der Waals surface area contributed by atoms with Crippen LogP contribution in [0.2, 0.25) is 10.0 Å². The number of likely N-dealkylation sites (N-methyl/N-ethyl adjacent to an activating group) is 1. The number of anilines is 1. The summed E-state index contributed by atoms with van der Waals surface area (Å²) < 4.78 is 34.1. The van der Waals surface area contributed by atoms with E-state index in [-0.39, 0.29) is 23.0 Å². The smallest absolute Gasteiger partial charge is 0.264 e. The first kappa shape index (κ1) is 30.3. The number of amides is 2. The number of rotatable bonds is 11. The maximum Gasteiger partial charge on any atom is 0.264 e. The van der Waals surface area contributed by atoms with Crippen molar-refractivity contribution in [1.82, 2.24) is 10.2 Å². The molecule has 0 fully saturated rings. The summed E-state index contributed by atoms with van der Waals surface area (Å²) in [6, 6.07) is 16.8. The molecule has 0 aliphatic heterocycles. The van der Waals surface area contributed by atoms with E-state index in [4.69, 9.17) is 27.9 Å². The molecule has 8 nitrogen and oxygen atoms in total. The van der Waals surface area contributed by atoms with Crippen LogP contribution in [0.25, 0.3) is 0 Å². The number of carbonyl (C=O) groups is 2. The van der Waals surface area contributed by atoms with E-state index in [0.717, 1.165) is 9.87 Å². The van der Waals surface area contributed by atoms with E-state index in [2.05, 4.69) is 5.32 Å². The van der Waals surface area contributed by atoms with Gasteiger partial charge in [0.2, 0.25) is 11.8 Å². The second kappa shape index (κ2) is 13.2. The van der Waals surface area contributed by atoms with Crippen molar-refractivity contribution >= 4 is 50.7 Å². The predicted octanol–water partition coefficient (Wildman–Crippen LogP) is 5.06. The minimum absolute atomic E-state index is 0.0226. The first-order valence-corrected chi connectivity index (χ1v) is 14.4. The Bertz CT molecular complexity index is 1430. The highest BCUT2D eigenvalue weighted by Gasteiger charge is 2.33. The van der Waals surface area contributed by atoms with E-state index in [0.29, 0.717) is 27.8 Å². The lowest BCUT2D eigenvalue weighted by molar-refractivity contribution is -0.140. The number of halogens is 2. The van der Waals surface area contributed by atoms with E-state index < -0.39 is 28.5 Å². The number of hydrogen-bond donors (Lipinski definition) is 1. The van der Waals surface area contributed by atoms with Crippen molar-refractivity contribution in [3.8, 4) is 5.75 Å². The first-order valence-electron chi connectivity index (χ1n) is 12.2. The van der Waals surface area contributed by atoms with Gasteiger partial charge in [0.05, 0.1) is 17.7 Å². The van der Waals surface area contributed by atoms with Crippen LogP contribution >= 0.6 is 23.2 Å². The Morgan fingerprint density at radius 2 is 1.72 bits per heavy atom. The molecular formula is C28H31Cl2N3O5S. The van der Waals surface area contributed by atoms with E-state index in [1.165, 1.54) is 37.3 Å². The SMILES string of the molecule is CC[C@H](C(=O)NC)N(Cc1ccc(Cl)cc1Cl)C(=O)CN(c1cccc(OC)c1)S(=O)(=O)c1ccc(C)cc1. The van der Waals surface area contributed by atoms with Crippen molar-refractivity contribution in [3.63, 3.8) is 0 Å². The van der Waals surface area contributed by atoms with Gasteiger partial charge in [-0.25, -0.2) is 8.42 Å². The Balaban J connectivity index is 2.10. The molecule has 2 amide bonds. The standard InChI is InChI=1S/C28H31Cl2N3O5S/c1-5-26(28(35)31-3)32(17-20-11-12-21(29)15-25(20)30)27(34)18-33(22-7-6-8-23(16-22)38-4)39(36,37)24-13-9-19(2)10-14-24/h6-16,26H,5,17-18H2,1-4H3,(H,31,35)/t26-/m1/s1. The van der Waals surface area contributed by atoms with Gasteiger partial charge in [-0.2, -0.15) is 0 Å². The summed E-state index contributed by atoms with van der Waals surface area (Å²) in [5.41, 5.74) is 1.69. The Hall–Kier alpha value is -3.27. The van der Waals surface area contributed by atoms with Crippen LogP contribution in [0.15, 0.2) is 71.6 Å². The highest BCUT2D eigenvalue weighted by Crippen LogP contribution is 2.29. The minimum atomic E-state index is -4.18. The molecule has 11 heteroatoms. The van der Waals surface area contributed by atoms with Gasteiger partial charge in [-0.05, 0) is 55.3 Å². The number of hydrogen-bond acceptors (Lipinski definition) is 5. The average molecular weight is 593 g/mol. The molecule has 208 valence electrons. The molecule has 1 N–H and O–H groups in total. The van der Waals surface area contributed by atoms with Crippen molar-refractivity contribution in [2.45, 2.75) is 37.8 Å². The van der Waals surface area contributed by atoms with Gasteiger partial charge in [0.15, 0.2) is 0 Å². The first-order chi connectivity index (χ1) is 18.5. The zero-order valence-electron chi connectivity index (χ0n) is 22.1. The maximum absolute atomic E-state index is 14.0. The van der Waals surface area contributed by atoms with Crippen molar-refractivity contribution in [2.24, 2.45) is 0 Å². The van der Waals surface area contributed by atoms with Gasteiger partial charge in [0.1, 0.15) is 18.3 Å². The van der Waals surface area contributed by atoms with Crippen LogP contribution in [0.1, 0.15) is 24.5 Å². The monoisotopic (exact) mass is 591 g/mol. The largest absolute Gasteiger partial charge is 0.497 e. The Kier molecular flexibility index (Phi) is 10.2. The fourth-order valence-corrected chi connectivity index (χ4v) is 5.93. The summed E-state index contributed by atoms with van der Waals surface area (Å²) in [5, 5.41) is 3.33. The highest BCUT2D eigenvalue weighted by atomic mass is 35.5. The summed E-state index contributed by atoms with van der Waals surface area (Å²) >= 11 is 12.4. The summed E-state index contributed by atoms with van der Waals surface area (Å²) in [5.74, 6) is -0.550. The molecule has 0 aliphatic carbocycles. The van der Waals surface area contributed by atoms with Crippen LogP contribution < -0.4 is 14.4 Å². The van der Waals surface area contributed by atoms with Crippen LogP contribution in [0.5, 0.6) is 5.75 Å². The Morgan fingerprint density at radius 1 is 1.03 bits per heavy atom. The van der Waals surface area contributed by atoms with Crippen molar-refractivity contribution in [3.05, 3.63) is 87.9 Å². The third-order valence-electron chi connectivity index (χ3n) is 6.22. The number of ether oxygens (including phenoxy) is 1. The molecule has 0 spiro atoms. The summed E-state index contributed by atoms with van der Waals surface area (Å²) in [4.78, 5) is 28.1. The van der Waals surface area contributed by atoms with Gasteiger partial charge in [-0.15, -0.1) is 0 Å². The molecule has 0 radical (unpaired) electrons. The van der Waals surface area contributed by atoms with Crippen molar-refractivity contribution < 1.29 is 22.7 Å². The van der Waals surface area contributed by atoms with Crippen LogP contribution in [0, 0.1) is 6.92 Å². The molecule has 3 rings (SSSR count). The van der Waals surface area contributed by atoms with E-state index in [9.17, 15) is 18.0 Å². The fraction of sp³-hybridized carbons (Fsp3) is 0.286. The number of carbonyl (C=O) groups excluding carboxylic acids is 2. The summed E-state index contributed by atoms with van der Waals surface area (Å²) in [7, 11) is -1.24. The summed E-state index contributed by atoms with van der Waals surface area (Å²) in [6.45, 7) is 3.02. The molecular weight excluding hydrogens is 561 g/mol. The molecule has 0 saturated carbocycles. The number of nitrogens with zero attached hydrogens (tertiary/aromatic N) is 2. The lowest BCUT2D eigenvalue weighted by Gasteiger charge is -2.33. The van der Waals surface area contributed by atoms with Crippen LogP contribution in [-0.4, -0.2) is 51.9 Å². The second-order valence-corrected chi connectivity index (χ2v) is 11.5. The van der Waals surface area contributed by atoms with Crippen LogP contribution in [0.3, 0.4) is 0 Å². The van der Waals surface area contributed by atoms with Gasteiger partial charge in [0, 0.05) is 29.7 Å². The number of benzene rings is 3. The molecule has 3 aromatic rings. The quantitative estimate of drug-likeness (QED) is 0.336. The maximum atomic E-state index is 14.0. The van der Waals surface area contributed by atoms with Gasteiger partial charge in [-0.3, -0.25) is 13.9 Å². The lowest BCUT2D eigenvalue weighted by atomic mass is 10.1. The topological polar surface area (TPSA) is 96.0 Å². The van der Waals surface area contributed by atoms with Crippen molar-refractivity contribution in [1.29, 1.82) is 0 Å². The van der Waals surface area contributed by atoms with E-state index in [1.807, 2.05) is 6.92 Å². The number of sulfonamides is 1. The molecule has 0 saturated heterocycles. The highest BCUT2D eigenvalue weighted by molar-refractivity contribution is 7.92. The molecule has 3 aromatic carbocycles. The lowest BCUT2D eigenvalue weighted by Crippen LogP contribution is -2.51. The predicted molar refractivity (Wildman–Crippen MR) is 154 cm³/mol. The van der Waals surface area contributed by atoms with Gasteiger partial charge >= 0.3 is 0 Å². The van der Waals surface area contributed by atoms with E-state index >= 15 is 0 Å². The molecule has 0 bridgehead atoms. The Morgan fingerprint density at radius 3 is 2.31 bits per heavy atom. The average Bonchev–Trinajstić information content (AvgIpc) is 2.92. The van der Waals surface area contributed by atoms with Crippen LogP contribution in [-0.2, 0) is 26.2 Å². The van der Waals surface area contributed by atoms with E-state index in [1.54, 1.807) is 55.5 Å². The third kappa shape index (κ3) is 7.23.